The molecule has 0 radical (unpaired) electrons. The lowest BCUT2D eigenvalue weighted by Gasteiger charge is -2.15. The summed E-state index contributed by atoms with van der Waals surface area (Å²) in [5.41, 5.74) is 0.762. The zero-order chi connectivity index (χ0) is 21.3. The van der Waals surface area contributed by atoms with Gasteiger partial charge in [-0.3, -0.25) is 9.36 Å². The SMILES string of the molecule is O=C(Nc1ncnc2c1ncn2[C@@H]1O[C@H](CO)[C@H](O[P+](=O)O)C1F)c1ccccc1. The standard InChI is InChI=1S/C17H15FN5O6P/c18-11-13(29-30(26)27)10(6-24)28-17(11)23-8-21-12-14(19-7-20-15(12)23)22-16(25)9-4-2-1-3-5-9/h1-5,7-8,10-11,13,17,24H,6H2,(H-,19,20,22,25,26,27)/p+1/t10-,11?,13+,17-/m1/s1. The van der Waals surface area contributed by atoms with Crippen LogP contribution in [0.25, 0.3) is 11.2 Å². The molecule has 1 saturated heterocycles. The Morgan fingerprint density at radius 1 is 1.30 bits per heavy atom. The third kappa shape index (κ3) is 3.78. The third-order valence-corrected chi connectivity index (χ3v) is 4.98. The van der Waals surface area contributed by atoms with Crippen molar-refractivity contribution in [3.63, 3.8) is 0 Å². The number of hydrogen-bond donors (Lipinski definition) is 3. The number of nitrogens with one attached hydrogen (secondary N) is 1. The number of carbonyl (C=O) groups excluding carboxylic acids is 1. The minimum Gasteiger partial charge on any atom is -0.394 e. The zero-order valence-corrected chi connectivity index (χ0v) is 16.1. The van der Waals surface area contributed by atoms with Gasteiger partial charge >= 0.3 is 8.25 Å². The molecule has 30 heavy (non-hydrogen) atoms. The van der Waals surface area contributed by atoms with Crippen molar-refractivity contribution >= 4 is 31.1 Å². The summed E-state index contributed by atoms with van der Waals surface area (Å²) in [5.74, 6) is -0.294. The molecule has 1 aliphatic heterocycles. The number of hydrogen-bond acceptors (Lipinski definition) is 8. The van der Waals surface area contributed by atoms with Crippen molar-refractivity contribution < 1.29 is 33.0 Å². The number of halogens is 1. The Balaban J connectivity index is 1.63. The molecule has 3 aromatic rings. The van der Waals surface area contributed by atoms with E-state index >= 15 is 0 Å². The number of imidazole rings is 1. The van der Waals surface area contributed by atoms with Gasteiger partial charge in [0, 0.05) is 10.1 Å². The van der Waals surface area contributed by atoms with Crippen LogP contribution >= 0.6 is 8.25 Å². The Morgan fingerprint density at radius 3 is 2.77 bits per heavy atom. The van der Waals surface area contributed by atoms with Crippen molar-refractivity contribution in [1.29, 1.82) is 0 Å². The van der Waals surface area contributed by atoms with E-state index in [0.717, 1.165) is 0 Å². The van der Waals surface area contributed by atoms with Gasteiger partial charge in [-0.25, -0.2) is 19.3 Å². The smallest absolute Gasteiger partial charge is 0.394 e. The molecule has 2 aromatic heterocycles. The molecule has 4 rings (SSSR count). The number of alkyl halides is 1. The van der Waals surface area contributed by atoms with Crippen molar-refractivity contribution in [1.82, 2.24) is 19.5 Å². The van der Waals surface area contributed by atoms with Crippen LogP contribution in [-0.4, -0.2) is 60.4 Å². The molecule has 0 bridgehead atoms. The van der Waals surface area contributed by atoms with Gasteiger partial charge in [-0.2, -0.15) is 0 Å². The van der Waals surface area contributed by atoms with Crippen LogP contribution in [0.5, 0.6) is 0 Å². The van der Waals surface area contributed by atoms with Crippen LogP contribution in [0.1, 0.15) is 16.6 Å². The minimum absolute atomic E-state index is 0.117. The van der Waals surface area contributed by atoms with Gasteiger partial charge in [0.25, 0.3) is 5.91 Å². The van der Waals surface area contributed by atoms with Crippen LogP contribution in [0.3, 0.4) is 0 Å². The van der Waals surface area contributed by atoms with Gasteiger partial charge < -0.3 is 15.2 Å². The van der Waals surface area contributed by atoms with Gasteiger partial charge in [-0.15, -0.1) is 9.42 Å². The first kappa shape index (κ1) is 20.4. The Labute approximate surface area is 169 Å². The first-order chi connectivity index (χ1) is 14.5. The van der Waals surface area contributed by atoms with E-state index in [2.05, 4.69) is 24.8 Å². The highest BCUT2D eigenvalue weighted by atomic mass is 31.1. The molecule has 3 N–H and O–H groups in total. The van der Waals surface area contributed by atoms with Crippen molar-refractivity contribution in [2.45, 2.75) is 24.6 Å². The maximum Gasteiger partial charge on any atom is 0.695 e. The quantitative estimate of drug-likeness (QED) is 0.487. The van der Waals surface area contributed by atoms with E-state index in [1.165, 1.54) is 17.2 Å². The second-order valence-electron chi connectivity index (χ2n) is 6.37. The summed E-state index contributed by atoms with van der Waals surface area (Å²) in [7, 11) is -3.10. The molecule has 1 aromatic carbocycles. The Morgan fingerprint density at radius 2 is 2.07 bits per heavy atom. The number of rotatable bonds is 6. The second kappa shape index (κ2) is 8.46. The molecular formula is C17H16FN5O6P+. The van der Waals surface area contributed by atoms with Gasteiger partial charge in [-0.1, -0.05) is 18.2 Å². The average molecular weight is 436 g/mol. The lowest BCUT2D eigenvalue weighted by Crippen LogP contribution is -2.32. The van der Waals surface area contributed by atoms with Gasteiger partial charge in [0.15, 0.2) is 35.5 Å². The Kier molecular flexibility index (Phi) is 5.75. The average Bonchev–Trinajstić information content (AvgIpc) is 3.30. The van der Waals surface area contributed by atoms with Crippen molar-refractivity contribution in [3.8, 4) is 0 Å². The van der Waals surface area contributed by atoms with E-state index in [1.807, 2.05) is 0 Å². The highest BCUT2D eigenvalue weighted by Gasteiger charge is 2.51. The molecule has 1 fully saturated rings. The number of amides is 1. The summed E-state index contributed by atoms with van der Waals surface area (Å²) in [5, 5.41) is 12.0. The largest absolute Gasteiger partial charge is 0.695 e. The fourth-order valence-corrected chi connectivity index (χ4v) is 3.65. The number of aromatic nitrogens is 4. The molecule has 1 amide bonds. The molecule has 1 aliphatic rings. The molecule has 0 spiro atoms. The molecule has 3 heterocycles. The highest BCUT2D eigenvalue weighted by molar-refractivity contribution is 7.32. The fraction of sp³-hybridized carbons (Fsp3) is 0.294. The molecule has 13 heteroatoms. The van der Waals surface area contributed by atoms with Crippen LogP contribution in [0, 0.1) is 0 Å². The van der Waals surface area contributed by atoms with Crippen LogP contribution in [-0.2, 0) is 13.8 Å². The minimum atomic E-state index is -3.10. The van der Waals surface area contributed by atoms with E-state index in [9.17, 15) is 18.9 Å². The number of fused-ring (bicyclic) bond motifs is 1. The summed E-state index contributed by atoms with van der Waals surface area (Å²) in [6, 6.07) is 8.48. The zero-order valence-electron chi connectivity index (χ0n) is 15.2. The number of carbonyl (C=O) groups is 1. The summed E-state index contributed by atoms with van der Waals surface area (Å²) in [6.07, 6.45) is -3.41. The molecule has 0 aliphatic carbocycles. The van der Waals surface area contributed by atoms with Crippen molar-refractivity contribution in [2.75, 3.05) is 11.9 Å². The van der Waals surface area contributed by atoms with Crippen LogP contribution in [0.15, 0.2) is 43.0 Å². The van der Waals surface area contributed by atoms with Crippen LogP contribution < -0.4 is 5.32 Å². The predicted molar refractivity (Wildman–Crippen MR) is 100 cm³/mol. The van der Waals surface area contributed by atoms with E-state index < -0.39 is 45.4 Å². The monoisotopic (exact) mass is 436 g/mol. The van der Waals surface area contributed by atoms with E-state index in [-0.39, 0.29) is 17.0 Å². The molecule has 0 saturated carbocycles. The number of aliphatic hydroxyl groups is 1. The van der Waals surface area contributed by atoms with Gasteiger partial charge in [0.1, 0.15) is 12.4 Å². The van der Waals surface area contributed by atoms with Gasteiger partial charge in [0.05, 0.1) is 12.9 Å². The highest BCUT2D eigenvalue weighted by Crippen LogP contribution is 2.38. The lowest BCUT2D eigenvalue weighted by molar-refractivity contribution is -0.0436. The summed E-state index contributed by atoms with van der Waals surface area (Å²) in [4.78, 5) is 33.6. The summed E-state index contributed by atoms with van der Waals surface area (Å²) >= 11 is 0. The number of benzene rings is 1. The molecule has 2 unspecified atom stereocenters. The second-order valence-corrected chi connectivity index (χ2v) is 7.05. The molecule has 5 atom stereocenters. The Bertz CT molecular complexity index is 1080. The molecular weight excluding hydrogens is 420 g/mol. The van der Waals surface area contributed by atoms with Gasteiger partial charge in [-0.05, 0) is 12.1 Å². The van der Waals surface area contributed by atoms with E-state index in [1.54, 1.807) is 30.3 Å². The summed E-state index contributed by atoms with van der Waals surface area (Å²) in [6.45, 7) is -0.620. The lowest BCUT2D eigenvalue weighted by atomic mass is 10.1. The topological polar surface area (TPSA) is 149 Å². The normalized spacial score (nSPS) is 24.2. The van der Waals surface area contributed by atoms with Crippen molar-refractivity contribution in [3.05, 3.63) is 48.5 Å². The van der Waals surface area contributed by atoms with E-state index in [0.29, 0.717) is 5.56 Å². The first-order valence-corrected chi connectivity index (χ1v) is 9.90. The Hall–Kier alpha value is -2.89. The predicted octanol–water partition coefficient (Wildman–Crippen LogP) is 1.34. The number of nitrogens with zero attached hydrogens (tertiary/aromatic N) is 4. The van der Waals surface area contributed by atoms with Crippen LogP contribution in [0.4, 0.5) is 10.2 Å². The first-order valence-electron chi connectivity index (χ1n) is 8.77. The maximum atomic E-state index is 14.9. The fourth-order valence-electron chi connectivity index (χ4n) is 3.19. The number of aliphatic hydroxyl groups excluding tert-OH is 1. The molecule has 156 valence electrons. The molecule has 11 nitrogen and oxygen atoms in total. The third-order valence-electron chi connectivity index (χ3n) is 4.56. The van der Waals surface area contributed by atoms with Crippen molar-refractivity contribution in [2.24, 2.45) is 0 Å². The number of anilines is 1. The van der Waals surface area contributed by atoms with Gasteiger partial charge in [0.2, 0.25) is 0 Å². The number of ether oxygens (including phenoxy) is 1. The summed E-state index contributed by atoms with van der Waals surface area (Å²) < 4.78 is 37.3. The maximum absolute atomic E-state index is 14.9. The van der Waals surface area contributed by atoms with E-state index in [4.69, 9.17) is 9.63 Å². The van der Waals surface area contributed by atoms with Crippen LogP contribution in [0.2, 0.25) is 0 Å².